The van der Waals surface area contributed by atoms with Crippen molar-refractivity contribution in [3.8, 4) is 0 Å². The number of carboxylic acids is 1. The van der Waals surface area contributed by atoms with Gasteiger partial charge in [0.2, 0.25) is 0 Å². The second-order valence-electron chi connectivity index (χ2n) is 3.98. The van der Waals surface area contributed by atoms with Crippen LogP contribution < -0.4 is 0 Å². The van der Waals surface area contributed by atoms with E-state index in [1.807, 2.05) is 30.3 Å². The number of fused-ring (bicyclic) bond motifs is 2. The molecule has 1 N–H and O–H groups in total. The van der Waals surface area contributed by atoms with Crippen LogP contribution >= 0.6 is 11.6 Å². The van der Waals surface area contributed by atoms with Crippen LogP contribution in [0.3, 0.4) is 0 Å². The maximum Gasteiger partial charge on any atom is 0.337 e. The van der Waals surface area contributed by atoms with E-state index in [2.05, 4.69) is 4.98 Å². The number of nitrogens with zero attached hydrogens (tertiary/aromatic N) is 1. The highest BCUT2D eigenvalue weighted by Gasteiger charge is 2.12. The highest BCUT2D eigenvalue weighted by atomic mass is 35.5. The van der Waals surface area contributed by atoms with E-state index in [-0.39, 0.29) is 5.56 Å². The average Bonchev–Trinajstić information content (AvgIpc) is 2.37. The van der Waals surface area contributed by atoms with Crippen molar-refractivity contribution < 1.29 is 9.90 Å². The molecule has 1 heterocycles. The molecule has 0 saturated heterocycles. The van der Waals surface area contributed by atoms with Gasteiger partial charge in [-0.05, 0) is 24.3 Å². The fraction of sp³-hybridized carbons (Fsp3) is 0. The number of hydrogen-bond acceptors (Lipinski definition) is 2. The van der Waals surface area contributed by atoms with E-state index < -0.39 is 5.97 Å². The first-order valence-corrected chi connectivity index (χ1v) is 5.76. The Kier molecular flexibility index (Phi) is 2.42. The number of para-hydroxylation sites is 1. The lowest BCUT2D eigenvalue weighted by Crippen LogP contribution is -1.99. The molecule has 1 aromatic heterocycles. The van der Waals surface area contributed by atoms with Crippen LogP contribution in [0.2, 0.25) is 5.02 Å². The molecule has 4 heteroatoms. The normalized spacial score (nSPS) is 10.9. The van der Waals surface area contributed by atoms with Crippen LogP contribution in [0, 0.1) is 0 Å². The molecule has 0 aliphatic heterocycles. The summed E-state index contributed by atoms with van der Waals surface area (Å²) >= 11 is 6.10. The van der Waals surface area contributed by atoms with Crippen molar-refractivity contribution in [3.63, 3.8) is 0 Å². The van der Waals surface area contributed by atoms with E-state index in [1.165, 1.54) is 6.07 Å². The third-order valence-electron chi connectivity index (χ3n) is 2.86. The summed E-state index contributed by atoms with van der Waals surface area (Å²) in [6.45, 7) is 0. The highest BCUT2D eigenvalue weighted by Crippen LogP contribution is 2.28. The summed E-state index contributed by atoms with van der Waals surface area (Å²) in [6, 6.07) is 12.5. The lowest BCUT2D eigenvalue weighted by atomic mass is 10.1. The molecule has 0 unspecified atom stereocenters. The van der Waals surface area contributed by atoms with Gasteiger partial charge < -0.3 is 5.11 Å². The van der Waals surface area contributed by atoms with Gasteiger partial charge in [0.25, 0.3) is 0 Å². The van der Waals surface area contributed by atoms with Crippen LogP contribution in [0.1, 0.15) is 10.4 Å². The highest BCUT2D eigenvalue weighted by molar-refractivity contribution is 6.36. The van der Waals surface area contributed by atoms with Gasteiger partial charge in [-0.15, -0.1) is 0 Å². The quantitative estimate of drug-likeness (QED) is 0.676. The maximum atomic E-state index is 11.2. The summed E-state index contributed by atoms with van der Waals surface area (Å²) in [5, 5.41) is 11.3. The molecule has 0 bridgehead atoms. The number of benzene rings is 2. The Balaban J connectivity index is 2.52. The summed E-state index contributed by atoms with van der Waals surface area (Å²) < 4.78 is 0. The molecule has 0 aliphatic rings. The molecule has 0 aliphatic carbocycles. The molecule has 3 nitrogen and oxygen atoms in total. The second-order valence-corrected chi connectivity index (χ2v) is 4.38. The van der Waals surface area contributed by atoms with Gasteiger partial charge in [-0.2, -0.15) is 0 Å². The van der Waals surface area contributed by atoms with Gasteiger partial charge in [-0.1, -0.05) is 29.8 Å². The lowest BCUT2D eigenvalue weighted by Gasteiger charge is -2.06. The average molecular weight is 258 g/mol. The van der Waals surface area contributed by atoms with E-state index in [9.17, 15) is 4.79 Å². The number of aromatic carboxylic acids is 1. The smallest absolute Gasteiger partial charge is 0.337 e. The summed E-state index contributed by atoms with van der Waals surface area (Å²) in [5.74, 6) is -1.00. The summed E-state index contributed by atoms with van der Waals surface area (Å²) in [4.78, 5) is 15.6. The Morgan fingerprint density at radius 3 is 2.72 bits per heavy atom. The first-order chi connectivity index (χ1) is 8.66. The number of carbonyl (C=O) groups is 1. The first kappa shape index (κ1) is 11.0. The Morgan fingerprint density at radius 1 is 1.17 bits per heavy atom. The molecule has 88 valence electrons. The third kappa shape index (κ3) is 1.60. The third-order valence-corrected chi connectivity index (χ3v) is 3.19. The Bertz CT molecular complexity index is 783. The van der Waals surface area contributed by atoms with Crippen molar-refractivity contribution >= 4 is 39.4 Å². The van der Waals surface area contributed by atoms with E-state index in [1.54, 1.807) is 6.07 Å². The van der Waals surface area contributed by atoms with Crippen LogP contribution in [0.4, 0.5) is 0 Å². The maximum absolute atomic E-state index is 11.2. The topological polar surface area (TPSA) is 50.2 Å². The summed E-state index contributed by atoms with van der Waals surface area (Å²) in [6.07, 6.45) is 0. The largest absolute Gasteiger partial charge is 0.478 e. The number of pyridine rings is 1. The van der Waals surface area contributed by atoms with E-state index in [4.69, 9.17) is 16.7 Å². The minimum Gasteiger partial charge on any atom is -0.478 e. The van der Waals surface area contributed by atoms with Crippen LogP contribution in [-0.2, 0) is 0 Å². The zero-order valence-corrected chi connectivity index (χ0v) is 9.98. The van der Waals surface area contributed by atoms with Crippen LogP contribution in [0.25, 0.3) is 21.8 Å². The van der Waals surface area contributed by atoms with Crippen molar-refractivity contribution in [1.82, 2.24) is 4.98 Å². The molecule has 0 amide bonds. The molecule has 3 aromatic rings. The Labute approximate surface area is 108 Å². The van der Waals surface area contributed by atoms with Gasteiger partial charge >= 0.3 is 5.97 Å². The summed E-state index contributed by atoms with van der Waals surface area (Å²) in [7, 11) is 0. The zero-order chi connectivity index (χ0) is 12.7. The molecule has 0 atom stereocenters. The van der Waals surface area contributed by atoms with Gasteiger partial charge in [-0.3, -0.25) is 0 Å². The fourth-order valence-electron chi connectivity index (χ4n) is 2.00. The molecular weight excluding hydrogens is 250 g/mol. The van der Waals surface area contributed by atoms with E-state index in [0.29, 0.717) is 15.9 Å². The van der Waals surface area contributed by atoms with Gasteiger partial charge in [0.15, 0.2) is 0 Å². The van der Waals surface area contributed by atoms with Crippen molar-refractivity contribution in [2.24, 2.45) is 0 Å². The van der Waals surface area contributed by atoms with Crippen LogP contribution in [-0.4, -0.2) is 16.1 Å². The van der Waals surface area contributed by atoms with Gasteiger partial charge in [0.1, 0.15) is 0 Å². The van der Waals surface area contributed by atoms with Crippen LogP contribution in [0.15, 0.2) is 42.5 Å². The Hall–Kier alpha value is -2.13. The zero-order valence-electron chi connectivity index (χ0n) is 9.22. The molecule has 0 radical (unpaired) electrons. The van der Waals surface area contributed by atoms with E-state index in [0.717, 1.165) is 10.9 Å². The van der Waals surface area contributed by atoms with Crippen molar-refractivity contribution in [3.05, 3.63) is 53.1 Å². The fourth-order valence-corrected chi connectivity index (χ4v) is 2.21. The first-order valence-electron chi connectivity index (χ1n) is 5.38. The van der Waals surface area contributed by atoms with Crippen molar-refractivity contribution in [1.29, 1.82) is 0 Å². The van der Waals surface area contributed by atoms with Gasteiger partial charge in [0, 0.05) is 10.8 Å². The predicted octanol–water partition coefficient (Wildman–Crippen LogP) is 3.74. The standard InChI is InChI=1S/C14H8ClNO2/c15-11-6-5-9(14(17)18)13-10(11)7-8-3-1-2-4-12(8)16-13/h1-7H,(H,17,18). The SMILES string of the molecule is O=C(O)c1ccc(Cl)c2cc3ccccc3nc12. The minimum absolute atomic E-state index is 0.167. The molecule has 0 saturated carbocycles. The number of carboxylic acid groups (broad SMARTS) is 1. The molecule has 0 spiro atoms. The van der Waals surface area contributed by atoms with Crippen molar-refractivity contribution in [2.75, 3.05) is 0 Å². The monoisotopic (exact) mass is 257 g/mol. The second kappa shape index (κ2) is 3.96. The number of hydrogen-bond donors (Lipinski definition) is 1. The Morgan fingerprint density at radius 2 is 1.94 bits per heavy atom. The van der Waals surface area contributed by atoms with Crippen LogP contribution in [0.5, 0.6) is 0 Å². The number of rotatable bonds is 1. The molecule has 0 fully saturated rings. The van der Waals surface area contributed by atoms with Gasteiger partial charge in [0.05, 0.1) is 21.6 Å². The molecule has 18 heavy (non-hydrogen) atoms. The molecule has 3 rings (SSSR count). The number of halogens is 1. The molecule has 2 aromatic carbocycles. The predicted molar refractivity (Wildman–Crippen MR) is 71.2 cm³/mol. The van der Waals surface area contributed by atoms with Crippen molar-refractivity contribution in [2.45, 2.75) is 0 Å². The van der Waals surface area contributed by atoms with Gasteiger partial charge in [-0.25, -0.2) is 9.78 Å². The minimum atomic E-state index is -1.00. The number of aromatic nitrogens is 1. The molecular formula is C14H8ClNO2. The van der Waals surface area contributed by atoms with E-state index >= 15 is 0 Å². The summed E-state index contributed by atoms with van der Waals surface area (Å²) in [5.41, 5.74) is 1.35. The lowest BCUT2D eigenvalue weighted by molar-refractivity contribution is 0.0699.